The van der Waals surface area contributed by atoms with E-state index in [1.54, 1.807) is 18.5 Å². The van der Waals surface area contributed by atoms with Crippen LogP contribution in [0.4, 0.5) is 0 Å². The Balaban J connectivity index is 0. The molecule has 2 nitrogen and oxygen atoms in total. The second kappa shape index (κ2) is 6.99. The topological polar surface area (TPSA) is 25.8 Å². The summed E-state index contributed by atoms with van der Waals surface area (Å²) >= 11 is 0. The molecule has 0 aliphatic carbocycles. The average Bonchev–Trinajstić information content (AvgIpc) is 1.72. The molecule has 0 aliphatic rings. The minimum absolute atomic E-state index is 0. The molecule has 38 valence electrons. The Hall–Kier alpha value is -0.00662. The van der Waals surface area contributed by atoms with Crippen LogP contribution in [0, 0.1) is 0 Å². The predicted molar refractivity (Wildman–Crippen MR) is 22.0 cm³/mol. The first kappa shape index (κ1) is 10.9. The maximum absolute atomic E-state index is 3.67. The second-order valence-electron chi connectivity index (χ2n) is 0.904. The molecule has 0 saturated heterocycles. The SMILES string of the molecule is [Cl-].[Zn+2].c1cncnc1. The molecule has 0 fully saturated rings. The van der Waals surface area contributed by atoms with Crippen LogP contribution in [0.2, 0.25) is 0 Å². The van der Waals surface area contributed by atoms with Gasteiger partial charge < -0.3 is 12.4 Å². The van der Waals surface area contributed by atoms with Crippen molar-refractivity contribution in [1.82, 2.24) is 9.97 Å². The summed E-state index contributed by atoms with van der Waals surface area (Å²) in [5.74, 6) is 0. The molecule has 0 saturated carbocycles. The van der Waals surface area contributed by atoms with Crippen molar-refractivity contribution in [2.75, 3.05) is 0 Å². The molecule has 0 aliphatic heterocycles. The normalized spacial score (nSPS) is 6.00. The van der Waals surface area contributed by atoms with Crippen molar-refractivity contribution in [3.63, 3.8) is 0 Å². The van der Waals surface area contributed by atoms with E-state index in [4.69, 9.17) is 0 Å². The molecule has 0 amide bonds. The first-order valence-corrected chi connectivity index (χ1v) is 1.70. The average molecular weight is 181 g/mol. The molecule has 0 spiro atoms. The van der Waals surface area contributed by atoms with E-state index in [9.17, 15) is 0 Å². The van der Waals surface area contributed by atoms with Crippen LogP contribution >= 0.6 is 0 Å². The van der Waals surface area contributed by atoms with E-state index in [2.05, 4.69) is 9.97 Å². The zero-order chi connectivity index (χ0) is 4.24. The van der Waals surface area contributed by atoms with Gasteiger partial charge in [0.15, 0.2) is 0 Å². The number of hydrogen-bond donors (Lipinski definition) is 0. The van der Waals surface area contributed by atoms with Crippen molar-refractivity contribution < 1.29 is 31.9 Å². The number of nitrogens with zero attached hydrogens (tertiary/aromatic N) is 2. The van der Waals surface area contributed by atoms with E-state index in [0.29, 0.717) is 0 Å². The van der Waals surface area contributed by atoms with Crippen LogP contribution in [0.25, 0.3) is 0 Å². The van der Waals surface area contributed by atoms with Crippen LogP contribution in [0.3, 0.4) is 0 Å². The van der Waals surface area contributed by atoms with Crippen molar-refractivity contribution in [2.45, 2.75) is 0 Å². The van der Waals surface area contributed by atoms with E-state index in [1.807, 2.05) is 0 Å². The van der Waals surface area contributed by atoms with Gasteiger partial charge in [-0.05, 0) is 6.07 Å². The minimum Gasteiger partial charge on any atom is -1.00 e. The van der Waals surface area contributed by atoms with Crippen molar-refractivity contribution in [3.05, 3.63) is 24.8 Å². The quantitative estimate of drug-likeness (QED) is 0.412. The Kier molecular flexibility index (Phi) is 9.51. The standard InChI is InChI=1S/C4H4N2.ClH.Zn/c1-2-5-4-6-3-1;;/h1-4H;1H;/q;;+2/p-1. The van der Waals surface area contributed by atoms with Gasteiger partial charge in [0.2, 0.25) is 0 Å². The monoisotopic (exact) mass is 179 g/mol. The zero-order valence-electron chi connectivity index (χ0n) is 4.29. The third kappa shape index (κ3) is 4.16. The summed E-state index contributed by atoms with van der Waals surface area (Å²) in [5.41, 5.74) is 0. The summed E-state index contributed by atoms with van der Waals surface area (Å²) in [6.07, 6.45) is 4.88. The minimum atomic E-state index is 0. The number of aromatic nitrogens is 2. The number of hydrogen-bond acceptors (Lipinski definition) is 2. The summed E-state index contributed by atoms with van der Waals surface area (Å²) in [6.45, 7) is 0. The molecule has 0 aromatic carbocycles. The van der Waals surface area contributed by atoms with Crippen molar-refractivity contribution in [3.8, 4) is 0 Å². The van der Waals surface area contributed by atoms with Crippen LogP contribution in [0.15, 0.2) is 24.8 Å². The molecule has 1 heterocycles. The third-order valence-corrected chi connectivity index (χ3v) is 0.478. The van der Waals surface area contributed by atoms with E-state index in [1.165, 1.54) is 6.33 Å². The van der Waals surface area contributed by atoms with Gasteiger partial charge in [0.1, 0.15) is 6.33 Å². The Morgan fingerprint density at radius 2 is 1.50 bits per heavy atom. The molecule has 0 N–H and O–H groups in total. The number of halogens is 1. The molecular weight excluding hydrogens is 177 g/mol. The van der Waals surface area contributed by atoms with Gasteiger partial charge in [-0.1, -0.05) is 0 Å². The van der Waals surface area contributed by atoms with Gasteiger partial charge in [-0.15, -0.1) is 0 Å². The van der Waals surface area contributed by atoms with Gasteiger partial charge in [0.25, 0.3) is 0 Å². The Bertz CT molecular complexity index is 86.0. The van der Waals surface area contributed by atoms with Crippen LogP contribution < -0.4 is 12.4 Å². The van der Waals surface area contributed by atoms with Crippen molar-refractivity contribution in [1.29, 1.82) is 0 Å². The Labute approximate surface area is 66.9 Å². The van der Waals surface area contributed by atoms with E-state index in [0.717, 1.165) is 0 Å². The van der Waals surface area contributed by atoms with Gasteiger partial charge in [0, 0.05) is 12.4 Å². The Morgan fingerprint density at radius 1 is 1.00 bits per heavy atom. The summed E-state index contributed by atoms with van der Waals surface area (Å²) in [7, 11) is 0. The van der Waals surface area contributed by atoms with Crippen LogP contribution in [0.1, 0.15) is 0 Å². The molecule has 0 radical (unpaired) electrons. The van der Waals surface area contributed by atoms with Crippen LogP contribution in [-0.4, -0.2) is 9.97 Å². The molecule has 1 aromatic heterocycles. The number of rotatable bonds is 0. The largest absolute Gasteiger partial charge is 2.00 e. The fraction of sp³-hybridized carbons (Fsp3) is 0. The van der Waals surface area contributed by atoms with Crippen LogP contribution in [-0.2, 0) is 19.5 Å². The predicted octanol–water partition coefficient (Wildman–Crippen LogP) is -2.52. The molecule has 1 rings (SSSR count). The van der Waals surface area contributed by atoms with Gasteiger partial charge in [-0.25, -0.2) is 9.97 Å². The Morgan fingerprint density at radius 3 is 1.62 bits per heavy atom. The molecular formula is C4H4ClN2Zn+. The second-order valence-corrected chi connectivity index (χ2v) is 0.904. The van der Waals surface area contributed by atoms with Crippen molar-refractivity contribution in [2.24, 2.45) is 0 Å². The summed E-state index contributed by atoms with van der Waals surface area (Å²) in [6, 6.07) is 1.78. The molecule has 8 heavy (non-hydrogen) atoms. The maximum Gasteiger partial charge on any atom is 2.00 e. The fourth-order valence-corrected chi connectivity index (χ4v) is 0.253. The summed E-state index contributed by atoms with van der Waals surface area (Å²) in [5, 5.41) is 0. The van der Waals surface area contributed by atoms with E-state index >= 15 is 0 Å². The maximum atomic E-state index is 3.67. The van der Waals surface area contributed by atoms with Gasteiger partial charge in [0.05, 0.1) is 0 Å². The van der Waals surface area contributed by atoms with Crippen LogP contribution in [0.5, 0.6) is 0 Å². The zero-order valence-corrected chi connectivity index (χ0v) is 8.01. The van der Waals surface area contributed by atoms with E-state index < -0.39 is 0 Å². The first-order valence-electron chi connectivity index (χ1n) is 1.70. The smallest absolute Gasteiger partial charge is 1.00 e. The van der Waals surface area contributed by atoms with Gasteiger partial charge in [-0.2, -0.15) is 0 Å². The van der Waals surface area contributed by atoms with Gasteiger partial charge >= 0.3 is 19.5 Å². The third-order valence-electron chi connectivity index (χ3n) is 0.478. The molecule has 0 bridgehead atoms. The molecule has 0 unspecified atom stereocenters. The summed E-state index contributed by atoms with van der Waals surface area (Å²) in [4.78, 5) is 7.35. The first-order chi connectivity index (χ1) is 3.00. The van der Waals surface area contributed by atoms with Gasteiger partial charge in [-0.3, -0.25) is 0 Å². The van der Waals surface area contributed by atoms with Crippen molar-refractivity contribution >= 4 is 0 Å². The molecule has 0 atom stereocenters. The molecule has 4 heteroatoms. The summed E-state index contributed by atoms with van der Waals surface area (Å²) < 4.78 is 0. The molecule has 1 aromatic rings. The fourth-order valence-electron chi connectivity index (χ4n) is 0.253. The van der Waals surface area contributed by atoms with E-state index in [-0.39, 0.29) is 31.9 Å².